The van der Waals surface area contributed by atoms with Crippen molar-refractivity contribution in [2.75, 3.05) is 0 Å². The van der Waals surface area contributed by atoms with Gasteiger partial charge in [0.05, 0.1) is 5.92 Å². The Morgan fingerprint density at radius 3 is 2.04 bits per heavy atom. The number of esters is 1. The van der Waals surface area contributed by atoms with Crippen molar-refractivity contribution in [3.8, 4) is 0 Å². The average molecular weight is 348 g/mol. The molecule has 0 spiro atoms. The maximum Gasteiger partial charge on any atom is 0.310 e. The Bertz CT molecular complexity index is 785. The van der Waals surface area contributed by atoms with Crippen LogP contribution in [-0.4, -0.2) is 5.97 Å². The van der Waals surface area contributed by atoms with Gasteiger partial charge in [0.1, 0.15) is 6.61 Å². The zero-order chi connectivity index (χ0) is 18.8. The monoisotopic (exact) mass is 348 g/mol. The number of hydrogen-bond donors (Lipinski definition) is 0. The van der Waals surface area contributed by atoms with Crippen LogP contribution in [0, 0.1) is 16.7 Å². The quantitative estimate of drug-likeness (QED) is 0.503. The first-order valence-corrected chi connectivity index (χ1v) is 9.27. The van der Waals surface area contributed by atoms with Crippen molar-refractivity contribution in [1.82, 2.24) is 0 Å². The van der Waals surface area contributed by atoms with Crippen molar-refractivity contribution in [3.63, 3.8) is 0 Å². The fraction of sp³-hybridized carbons (Fsp3) is 0.375. The summed E-state index contributed by atoms with van der Waals surface area (Å²) < 4.78 is 5.69. The summed E-state index contributed by atoms with van der Waals surface area (Å²) in [5.41, 5.74) is 3.23. The molecule has 1 saturated carbocycles. The normalized spacial score (nSPS) is 23.2. The van der Waals surface area contributed by atoms with E-state index in [9.17, 15) is 4.79 Å². The Labute approximate surface area is 156 Å². The van der Waals surface area contributed by atoms with E-state index in [4.69, 9.17) is 4.74 Å². The molecule has 0 amide bonds. The fourth-order valence-corrected chi connectivity index (χ4v) is 4.30. The van der Waals surface area contributed by atoms with E-state index in [0.29, 0.717) is 6.61 Å². The molecule has 3 rings (SSSR count). The van der Waals surface area contributed by atoms with Gasteiger partial charge in [0.15, 0.2) is 0 Å². The van der Waals surface area contributed by atoms with E-state index in [1.54, 1.807) is 0 Å². The molecule has 0 aliphatic heterocycles. The second kappa shape index (κ2) is 7.11. The van der Waals surface area contributed by atoms with Gasteiger partial charge >= 0.3 is 5.97 Å². The minimum atomic E-state index is -0.180. The number of rotatable bonds is 6. The topological polar surface area (TPSA) is 26.3 Å². The first kappa shape index (κ1) is 18.4. The van der Waals surface area contributed by atoms with Gasteiger partial charge in [-0.25, -0.2) is 0 Å². The van der Waals surface area contributed by atoms with Crippen molar-refractivity contribution in [2.24, 2.45) is 16.7 Å². The highest BCUT2D eigenvalue weighted by Crippen LogP contribution is 2.71. The van der Waals surface area contributed by atoms with Crippen LogP contribution in [0.4, 0.5) is 0 Å². The predicted molar refractivity (Wildman–Crippen MR) is 106 cm³/mol. The lowest BCUT2D eigenvalue weighted by atomic mass is 9.87. The molecule has 0 heterocycles. The minimum Gasteiger partial charge on any atom is -0.461 e. The molecule has 2 nitrogen and oxygen atoms in total. The number of benzene rings is 2. The van der Waals surface area contributed by atoms with E-state index in [1.165, 1.54) is 11.1 Å². The Morgan fingerprint density at radius 2 is 1.50 bits per heavy atom. The van der Waals surface area contributed by atoms with Crippen molar-refractivity contribution in [3.05, 3.63) is 83.4 Å². The third-order valence-electron chi connectivity index (χ3n) is 5.70. The van der Waals surface area contributed by atoms with Crippen molar-refractivity contribution < 1.29 is 9.53 Å². The number of allylic oxidation sites excluding steroid dienone is 2. The van der Waals surface area contributed by atoms with Gasteiger partial charge in [-0.05, 0) is 36.8 Å². The highest BCUT2D eigenvalue weighted by molar-refractivity contribution is 5.80. The van der Waals surface area contributed by atoms with Gasteiger partial charge in [-0.15, -0.1) is 0 Å². The number of ether oxygens (including phenoxy) is 1. The Kier molecular flexibility index (Phi) is 5.04. The standard InChI is InChI=1S/C24H28O2/c1-18(2)15-24(16-19-11-7-5-8-12-19)21(23(24,3)4)22(25)26-17-20-13-9-6-10-14-20/h5-15,21H,16-17H2,1-4H3. The third kappa shape index (κ3) is 3.46. The van der Waals surface area contributed by atoms with Crippen LogP contribution >= 0.6 is 0 Å². The van der Waals surface area contributed by atoms with Crippen LogP contribution in [0.3, 0.4) is 0 Å². The van der Waals surface area contributed by atoms with Crippen LogP contribution < -0.4 is 0 Å². The molecule has 1 aliphatic carbocycles. The number of hydrogen-bond acceptors (Lipinski definition) is 2. The van der Waals surface area contributed by atoms with E-state index < -0.39 is 0 Å². The highest BCUT2D eigenvalue weighted by Gasteiger charge is 2.73. The van der Waals surface area contributed by atoms with Gasteiger partial charge in [0.25, 0.3) is 0 Å². The van der Waals surface area contributed by atoms with Crippen LogP contribution in [0.5, 0.6) is 0 Å². The molecule has 0 bridgehead atoms. The smallest absolute Gasteiger partial charge is 0.310 e. The number of carbonyl (C=O) groups is 1. The zero-order valence-corrected chi connectivity index (χ0v) is 16.2. The van der Waals surface area contributed by atoms with Crippen LogP contribution in [0.25, 0.3) is 0 Å². The summed E-state index contributed by atoms with van der Waals surface area (Å²) in [7, 11) is 0. The van der Waals surface area contributed by atoms with Crippen molar-refractivity contribution in [2.45, 2.75) is 40.7 Å². The highest BCUT2D eigenvalue weighted by atomic mass is 16.5. The average Bonchev–Trinajstić information content (AvgIpc) is 3.07. The lowest BCUT2D eigenvalue weighted by molar-refractivity contribution is -0.147. The fourth-order valence-electron chi connectivity index (χ4n) is 4.30. The Balaban J connectivity index is 1.80. The molecular weight excluding hydrogens is 320 g/mol. The van der Waals surface area contributed by atoms with E-state index in [1.807, 2.05) is 36.4 Å². The molecule has 0 aromatic heterocycles. The molecule has 0 saturated heterocycles. The molecule has 136 valence electrons. The lowest BCUT2D eigenvalue weighted by Gasteiger charge is -2.17. The van der Waals surface area contributed by atoms with Gasteiger partial charge in [-0.3, -0.25) is 4.79 Å². The first-order valence-electron chi connectivity index (χ1n) is 9.27. The molecule has 1 aliphatic rings. The summed E-state index contributed by atoms with van der Waals surface area (Å²) >= 11 is 0. The molecule has 26 heavy (non-hydrogen) atoms. The van der Waals surface area contributed by atoms with Crippen molar-refractivity contribution in [1.29, 1.82) is 0 Å². The molecule has 2 unspecified atom stereocenters. The van der Waals surface area contributed by atoms with Gasteiger partial charge < -0.3 is 4.74 Å². The minimum absolute atomic E-state index is 0.0905. The second-order valence-electron chi connectivity index (χ2n) is 8.17. The lowest BCUT2D eigenvalue weighted by Crippen LogP contribution is -2.15. The predicted octanol–water partition coefficient (Wildman–Crippen LogP) is 5.58. The van der Waals surface area contributed by atoms with E-state index in [2.05, 4.69) is 58.0 Å². The molecule has 2 heteroatoms. The summed E-state index contributed by atoms with van der Waals surface area (Å²) in [5.74, 6) is -0.207. The molecule has 2 aromatic carbocycles. The second-order valence-corrected chi connectivity index (χ2v) is 8.17. The molecule has 2 aromatic rings. The molecule has 1 fully saturated rings. The molecular formula is C24H28O2. The van der Waals surface area contributed by atoms with Crippen molar-refractivity contribution >= 4 is 5.97 Å². The number of carbonyl (C=O) groups excluding carboxylic acids is 1. The SMILES string of the molecule is CC(C)=CC1(Cc2ccccc2)C(C(=O)OCc2ccccc2)C1(C)C. The Hall–Kier alpha value is -2.35. The largest absolute Gasteiger partial charge is 0.461 e. The van der Waals surface area contributed by atoms with Crippen LogP contribution in [-0.2, 0) is 22.6 Å². The van der Waals surface area contributed by atoms with Gasteiger partial charge in [0, 0.05) is 5.41 Å². The summed E-state index contributed by atoms with van der Waals surface area (Å²) in [6.45, 7) is 8.91. The summed E-state index contributed by atoms with van der Waals surface area (Å²) in [6.07, 6.45) is 3.14. The summed E-state index contributed by atoms with van der Waals surface area (Å²) in [5, 5.41) is 0. The Morgan fingerprint density at radius 1 is 0.962 bits per heavy atom. The zero-order valence-electron chi connectivity index (χ0n) is 16.2. The van der Waals surface area contributed by atoms with Crippen LogP contribution in [0.15, 0.2) is 72.3 Å². The van der Waals surface area contributed by atoms with E-state index >= 15 is 0 Å². The van der Waals surface area contributed by atoms with Gasteiger partial charge in [-0.1, -0.05) is 86.2 Å². The molecule has 0 radical (unpaired) electrons. The summed E-state index contributed by atoms with van der Waals surface area (Å²) in [6, 6.07) is 20.3. The van der Waals surface area contributed by atoms with Gasteiger partial charge in [0.2, 0.25) is 0 Å². The van der Waals surface area contributed by atoms with Crippen LogP contribution in [0.1, 0.15) is 38.8 Å². The maximum absolute atomic E-state index is 12.9. The molecule has 0 N–H and O–H groups in total. The van der Waals surface area contributed by atoms with E-state index in [-0.39, 0.29) is 22.7 Å². The molecule has 2 atom stereocenters. The first-order chi connectivity index (χ1) is 12.4. The van der Waals surface area contributed by atoms with E-state index in [0.717, 1.165) is 12.0 Å². The maximum atomic E-state index is 12.9. The summed E-state index contributed by atoms with van der Waals surface area (Å²) in [4.78, 5) is 12.9. The van der Waals surface area contributed by atoms with Crippen LogP contribution in [0.2, 0.25) is 0 Å². The third-order valence-corrected chi connectivity index (χ3v) is 5.70. The van der Waals surface area contributed by atoms with Gasteiger partial charge in [-0.2, -0.15) is 0 Å².